The zero-order valence-corrected chi connectivity index (χ0v) is 12.0. The van der Waals surface area contributed by atoms with Gasteiger partial charge in [-0.15, -0.1) is 0 Å². The van der Waals surface area contributed by atoms with Gasteiger partial charge in [-0.1, -0.05) is 0 Å². The third kappa shape index (κ3) is 5.49. The quantitative estimate of drug-likeness (QED) is 0.905. The monoisotopic (exact) mass is 306 g/mol. The highest BCUT2D eigenvalue weighted by molar-refractivity contribution is 5.97. The predicted octanol–water partition coefficient (Wildman–Crippen LogP) is 2.04. The number of carbonyl (C=O) groups excluding carboxylic acids is 2. The van der Waals surface area contributed by atoms with E-state index in [9.17, 15) is 22.8 Å². The van der Waals surface area contributed by atoms with E-state index >= 15 is 0 Å². The molecule has 8 heteroatoms. The average molecular weight is 306 g/mol. The first-order valence-corrected chi connectivity index (χ1v) is 6.26. The molecular weight excluding hydrogens is 289 g/mol. The lowest BCUT2D eigenvalue weighted by Crippen LogP contribution is -2.39. The number of alkyl halides is 3. The molecule has 0 aromatic carbocycles. The maximum atomic E-state index is 12.0. The Labute approximate surface area is 120 Å². The first kappa shape index (κ1) is 17.1. The molecule has 0 spiro atoms. The van der Waals surface area contributed by atoms with Gasteiger partial charge in [0.05, 0.1) is 18.5 Å². The van der Waals surface area contributed by atoms with Crippen molar-refractivity contribution in [3.63, 3.8) is 0 Å². The zero-order valence-electron chi connectivity index (χ0n) is 12.0. The summed E-state index contributed by atoms with van der Waals surface area (Å²) in [5.41, 5.74) is 0.304. The number of likely N-dealkylation sites (N-methyl/N-ethyl adjacent to an activating group) is 1. The fourth-order valence-electron chi connectivity index (χ4n) is 1.66. The van der Waals surface area contributed by atoms with Crippen LogP contribution in [0.4, 0.5) is 13.2 Å². The van der Waals surface area contributed by atoms with E-state index in [2.05, 4.69) is 5.32 Å². The van der Waals surface area contributed by atoms with Crippen molar-refractivity contribution in [1.29, 1.82) is 0 Å². The normalized spacial score (nSPS) is 11.3. The van der Waals surface area contributed by atoms with Gasteiger partial charge < -0.3 is 14.6 Å². The van der Waals surface area contributed by atoms with Crippen LogP contribution in [0.1, 0.15) is 28.3 Å². The highest BCUT2D eigenvalue weighted by atomic mass is 19.4. The Morgan fingerprint density at radius 3 is 2.43 bits per heavy atom. The van der Waals surface area contributed by atoms with Crippen LogP contribution < -0.4 is 5.32 Å². The van der Waals surface area contributed by atoms with Gasteiger partial charge in [-0.25, -0.2) is 0 Å². The Morgan fingerprint density at radius 1 is 1.33 bits per heavy atom. The maximum absolute atomic E-state index is 12.0. The molecular formula is C13H17F3N2O3. The van der Waals surface area contributed by atoms with E-state index in [4.69, 9.17) is 4.42 Å². The van der Waals surface area contributed by atoms with Crippen LogP contribution in [0.15, 0.2) is 10.5 Å². The summed E-state index contributed by atoms with van der Waals surface area (Å²) in [7, 11) is 1.26. The lowest BCUT2D eigenvalue weighted by Gasteiger charge is -2.18. The van der Waals surface area contributed by atoms with Gasteiger partial charge in [-0.2, -0.15) is 13.2 Å². The number of rotatable bonds is 5. The minimum atomic E-state index is -4.32. The summed E-state index contributed by atoms with van der Waals surface area (Å²) < 4.78 is 41.3. The summed E-state index contributed by atoms with van der Waals surface area (Å²) in [5.74, 6) is -0.110. The van der Waals surface area contributed by atoms with Crippen LogP contribution in [0, 0.1) is 13.8 Å². The van der Waals surface area contributed by atoms with Crippen molar-refractivity contribution in [2.45, 2.75) is 26.4 Å². The number of halogens is 3. The number of hydrogen-bond donors (Lipinski definition) is 1. The third-order valence-corrected chi connectivity index (χ3v) is 2.84. The van der Waals surface area contributed by atoms with Crippen LogP contribution in [0.25, 0.3) is 0 Å². The molecule has 1 heterocycles. The summed E-state index contributed by atoms with van der Waals surface area (Å²) in [4.78, 5) is 24.3. The minimum absolute atomic E-state index is 0.304. The Morgan fingerprint density at radius 2 is 1.95 bits per heavy atom. The molecule has 0 unspecified atom stereocenters. The van der Waals surface area contributed by atoms with Crippen molar-refractivity contribution >= 4 is 11.8 Å². The Balaban J connectivity index is 2.45. The molecule has 5 nitrogen and oxygen atoms in total. The van der Waals surface area contributed by atoms with Crippen LogP contribution in [-0.4, -0.2) is 43.0 Å². The van der Waals surface area contributed by atoms with Crippen LogP contribution in [0.5, 0.6) is 0 Å². The summed E-state index contributed by atoms with van der Waals surface area (Å²) in [6.45, 7) is 2.48. The van der Waals surface area contributed by atoms with Crippen molar-refractivity contribution in [2.24, 2.45) is 0 Å². The van der Waals surface area contributed by atoms with Gasteiger partial charge in [-0.3, -0.25) is 9.59 Å². The number of hydrogen-bond acceptors (Lipinski definition) is 3. The van der Waals surface area contributed by atoms with E-state index in [1.54, 1.807) is 13.8 Å². The van der Waals surface area contributed by atoms with Crippen molar-refractivity contribution in [3.8, 4) is 0 Å². The van der Waals surface area contributed by atoms with Crippen LogP contribution in [-0.2, 0) is 4.79 Å². The highest BCUT2D eigenvalue weighted by Gasteiger charge is 2.28. The number of furan rings is 1. The fourth-order valence-corrected chi connectivity index (χ4v) is 1.66. The molecule has 0 bridgehead atoms. The molecule has 118 valence electrons. The van der Waals surface area contributed by atoms with E-state index in [1.165, 1.54) is 13.1 Å². The van der Waals surface area contributed by atoms with Gasteiger partial charge in [0.1, 0.15) is 11.5 Å². The molecule has 0 fully saturated rings. The highest BCUT2D eigenvalue weighted by Crippen LogP contribution is 2.19. The lowest BCUT2D eigenvalue weighted by atomic mass is 10.2. The molecule has 0 aliphatic heterocycles. The van der Waals surface area contributed by atoms with Crippen molar-refractivity contribution in [3.05, 3.63) is 23.2 Å². The number of aryl methyl sites for hydroxylation is 2. The molecule has 2 amide bonds. The molecule has 1 rings (SSSR count). The van der Waals surface area contributed by atoms with Gasteiger partial charge in [0.15, 0.2) is 0 Å². The maximum Gasteiger partial charge on any atom is 0.390 e. The molecule has 0 aliphatic carbocycles. The molecule has 1 aromatic heterocycles. The lowest BCUT2D eigenvalue weighted by molar-refractivity contribution is -0.143. The second kappa shape index (κ2) is 6.64. The molecule has 0 aliphatic rings. The van der Waals surface area contributed by atoms with Crippen LogP contribution >= 0.6 is 0 Å². The largest absolute Gasteiger partial charge is 0.466 e. The predicted molar refractivity (Wildman–Crippen MR) is 68.8 cm³/mol. The van der Waals surface area contributed by atoms with Crippen LogP contribution in [0.2, 0.25) is 0 Å². The van der Waals surface area contributed by atoms with E-state index in [1.807, 2.05) is 0 Å². The average Bonchev–Trinajstić information content (AvgIpc) is 2.70. The summed E-state index contributed by atoms with van der Waals surface area (Å²) in [5, 5.41) is 2.36. The standard InChI is InChI=1S/C13H17F3N2O3/c1-8-6-10(9(2)21-8)12(20)17-7-11(19)18(3)5-4-13(14,15)16/h6H,4-5,7H2,1-3H3,(H,17,20). The molecule has 0 radical (unpaired) electrons. The summed E-state index contributed by atoms with van der Waals surface area (Å²) >= 11 is 0. The number of nitrogens with zero attached hydrogens (tertiary/aromatic N) is 1. The fraction of sp³-hybridized carbons (Fsp3) is 0.538. The summed E-state index contributed by atoms with van der Waals surface area (Å²) in [6.07, 6.45) is -5.40. The first-order chi connectivity index (χ1) is 9.60. The number of amides is 2. The molecule has 0 atom stereocenters. The Bertz CT molecular complexity index is 523. The van der Waals surface area contributed by atoms with Gasteiger partial charge in [0.25, 0.3) is 5.91 Å². The third-order valence-electron chi connectivity index (χ3n) is 2.84. The molecule has 1 aromatic rings. The van der Waals surface area contributed by atoms with Gasteiger partial charge in [-0.05, 0) is 19.9 Å². The van der Waals surface area contributed by atoms with Gasteiger partial charge in [0, 0.05) is 13.6 Å². The minimum Gasteiger partial charge on any atom is -0.466 e. The Hall–Kier alpha value is -1.99. The van der Waals surface area contributed by atoms with Gasteiger partial charge >= 0.3 is 6.18 Å². The van der Waals surface area contributed by atoms with E-state index in [0.29, 0.717) is 17.1 Å². The van der Waals surface area contributed by atoms with Crippen molar-refractivity contribution in [2.75, 3.05) is 20.1 Å². The molecule has 21 heavy (non-hydrogen) atoms. The SMILES string of the molecule is Cc1cc(C(=O)NCC(=O)N(C)CCC(F)(F)F)c(C)o1. The number of carbonyl (C=O) groups is 2. The second-order valence-electron chi connectivity index (χ2n) is 4.69. The van der Waals surface area contributed by atoms with E-state index < -0.39 is 31.0 Å². The Kier molecular flexibility index (Phi) is 5.40. The number of nitrogens with one attached hydrogen (secondary N) is 1. The van der Waals surface area contributed by atoms with Crippen LogP contribution in [0.3, 0.4) is 0 Å². The molecule has 0 saturated heterocycles. The van der Waals surface area contributed by atoms with Gasteiger partial charge in [0.2, 0.25) is 5.91 Å². The summed E-state index contributed by atoms with van der Waals surface area (Å²) in [6, 6.07) is 1.53. The second-order valence-corrected chi connectivity index (χ2v) is 4.69. The molecule has 0 saturated carbocycles. The van der Waals surface area contributed by atoms with E-state index in [-0.39, 0.29) is 6.54 Å². The van der Waals surface area contributed by atoms with Crippen molar-refractivity contribution in [1.82, 2.24) is 10.2 Å². The smallest absolute Gasteiger partial charge is 0.390 e. The van der Waals surface area contributed by atoms with E-state index in [0.717, 1.165) is 4.90 Å². The topological polar surface area (TPSA) is 62.6 Å². The van der Waals surface area contributed by atoms with Crippen molar-refractivity contribution < 1.29 is 27.2 Å². The first-order valence-electron chi connectivity index (χ1n) is 6.26. The zero-order chi connectivity index (χ0) is 16.2. The molecule has 1 N–H and O–H groups in total.